The zero-order chi connectivity index (χ0) is 14.8. The molecular weight excluding hydrogens is 261 g/mol. The van der Waals surface area contributed by atoms with Gasteiger partial charge in [0.05, 0.1) is 13.7 Å². The first-order valence-corrected chi connectivity index (χ1v) is 6.60. The lowest BCUT2D eigenvalue weighted by atomic mass is 10.2. The number of halogens is 1. The highest BCUT2D eigenvalue weighted by Crippen LogP contribution is 2.16. The van der Waals surface area contributed by atoms with Crippen molar-refractivity contribution in [3.05, 3.63) is 29.6 Å². The summed E-state index contributed by atoms with van der Waals surface area (Å²) in [7, 11) is 1.50. The summed E-state index contributed by atoms with van der Waals surface area (Å²) in [5, 5.41) is 2.98. The topological polar surface area (TPSA) is 68.9 Å². The number of benzene rings is 1. The van der Waals surface area contributed by atoms with E-state index in [0.29, 0.717) is 43.6 Å². The van der Waals surface area contributed by atoms with Crippen LogP contribution in [0, 0.1) is 5.82 Å². The predicted molar refractivity (Wildman–Crippen MR) is 77.4 cm³/mol. The minimum Gasteiger partial charge on any atom is -0.497 e. The Hall–Kier alpha value is -1.82. The van der Waals surface area contributed by atoms with Crippen molar-refractivity contribution in [2.24, 2.45) is 10.7 Å². The normalized spacial score (nSPS) is 11.4. The lowest BCUT2D eigenvalue weighted by molar-refractivity contribution is 0.145. The van der Waals surface area contributed by atoms with Crippen LogP contribution in [0.3, 0.4) is 0 Å². The molecule has 0 heterocycles. The van der Waals surface area contributed by atoms with Crippen LogP contribution in [0.4, 0.5) is 4.39 Å². The fourth-order valence-corrected chi connectivity index (χ4v) is 1.60. The zero-order valence-corrected chi connectivity index (χ0v) is 12.0. The van der Waals surface area contributed by atoms with Crippen LogP contribution >= 0.6 is 0 Å². The summed E-state index contributed by atoms with van der Waals surface area (Å²) < 4.78 is 23.5. The van der Waals surface area contributed by atoms with Crippen molar-refractivity contribution < 1.29 is 13.9 Å². The van der Waals surface area contributed by atoms with Crippen molar-refractivity contribution in [1.29, 1.82) is 0 Å². The molecular formula is C14H22FN3O2. The van der Waals surface area contributed by atoms with Crippen molar-refractivity contribution >= 4 is 5.96 Å². The maximum atomic E-state index is 13.3. The number of nitrogens with one attached hydrogen (secondary N) is 1. The molecule has 0 atom stereocenters. The first kappa shape index (κ1) is 16.2. The standard InChI is InChI=1S/C14H22FN3O2/c1-3-20-6-4-5-17-14(16)18-10-11-7-12(15)9-13(8-11)19-2/h7-9H,3-6,10H2,1-2H3,(H3,16,17,18). The van der Waals surface area contributed by atoms with Crippen LogP contribution in [0.5, 0.6) is 5.75 Å². The summed E-state index contributed by atoms with van der Waals surface area (Å²) in [5.74, 6) is 0.459. The number of nitrogens with two attached hydrogens (primary N) is 1. The summed E-state index contributed by atoms with van der Waals surface area (Å²) in [6, 6.07) is 4.46. The highest BCUT2D eigenvalue weighted by atomic mass is 19.1. The predicted octanol–water partition coefficient (Wildman–Crippen LogP) is 1.67. The fourth-order valence-electron chi connectivity index (χ4n) is 1.60. The molecule has 6 heteroatoms. The smallest absolute Gasteiger partial charge is 0.188 e. The Morgan fingerprint density at radius 2 is 2.20 bits per heavy atom. The van der Waals surface area contributed by atoms with Crippen molar-refractivity contribution in [3.63, 3.8) is 0 Å². The monoisotopic (exact) mass is 283 g/mol. The molecule has 0 amide bonds. The maximum Gasteiger partial charge on any atom is 0.188 e. The van der Waals surface area contributed by atoms with E-state index in [1.54, 1.807) is 6.07 Å². The Bertz CT molecular complexity index is 438. The molecule has 5 nitrogen and oxygen atoms in total. The quantitative estimate of drug-likeness (QED) is 0.432. The molecule has 0 bridgehead atoms. The number of guanidine groups is 1. The van der Waals surface area contributed by atoms with Gasteiger partial charge in [-0.2, -0.15) is 0 Å². The molecule has 0 saturated carbocycles. The first-order chi connectivity index (χ1) is 9.65. The van der Waals surface area contributed by atoms with Gasteiger partial charge in [-0.05, 0) is 31.0 Å². The Labute approximate surface area is 119 Å². The van der Waals surface area contributed by atoms with E-state index in [0.717, 1.165) is 6.42 Å². The summed E-state index contributed by atoms with van der Waals surface area (Å²) >= 11 is 0. The number of hydrogen-bond donors (Lipinski definition) is 2. The van der Waals surface area contributed by atoms with Crippen LogP contribution in [-0.2, 0) is 11.3 Å². The molecule has 0 fully saturated rings. The van der Waals surface area contributed by atoms with E-state index in [-0.39, 0.29) is 5.82 Å². The van der Waals surface area contributed by atoms with E-state index in [9.17, 15) is 4.39 Å². The van der Waals surface area contributed by atoms with Gasteiger partial charge in [-0.3, -0.25) is 0 Å². The molecule has 1 aromatic rings. The van der Waals surface area contributed by atoms with Gasteiger partial charge in [-0.1, -0.05) is 0 Å². The SMILES string of the molecule is CCOCCCNC(N)=NCc1cc(F)cc(OC)c1. The van der Waals surface area contributed by atoms with Gasteiger partial charge in [0.2, 0.25) is 0 Å². The van der Waals surface area contributed by atoms with Crippen LogP contribution in [0.1, 0.15) is 18.9 Å². The van der Waals surface area contributed by atoms with Gasteiger partial charge >= 0.3 is 0 Å². The Kier molecular flexibility index (Phi) is 7.42. The van der Waals surface area contributed by atoms with Gasteiger partial charge in [0.15, 0.2) is 5.96 Å². The Morgan fingerprint density at radius 3 is 2.90 bits per heavy atom. The first-order valence-electron chi connectivity index (χ1n) is 6.60. The van der Waals surface area contributed by atoms with Gasteiger partial charge < -0.3 is 20.5 Å². The number of methoxy groups -OCH3 is 1. The van der Waals surface area contributed by atoms with Crippen LogP contribution < -0.4 is 15.8 Å². The van der Waals surface area contributed by atoms with Gasteiger partial charge in [0, 0.05) is 25.8 Å². The second kappa shape index (κ2) is 9.14. The molecule has 112 valence electrons. The molecule has 0 spiro atoms. The number of ether oxygens (including phenoxy) is 2. The molecule has 1 rings (SSSR count). The molecule has 0 aliphatic carbocycles. The molecule has 1 aromatic carbocycles. The summed E-state index contributed by atoms with van der Waals surface area (Å²) in [6.07, 6.45) is 0.859. The van der Waals surface area contributed by atoms with Crippen LogP contribution in [0.15, 0.2) is 23.2 Å². The van der Waals surface area contributed by atoms with Crippen molar-refractivity contribution in [2.75, 3.05) is 26.9 Å². The number of nitrogens with zero attached hydrogens (tertiary/aromatic N) is 1. The third-order valence-electron chi connectivity index (χ3n) is 2.57. The van der Waals surface area contributed by atoms with Crippen molar-refractivity contribution in [3.8, 4) is 5.75 Å². The molecule has 0 aliphatic heterocycles. The minimum atomic E-state index is -0.349. The second-order valence-electron chi connectivity index (χ2n) is 4.18. The van der Waals surface area contributed by atoms with Crippen LogP contribution in [0.25, 0.3) is 0 Å². The van der Waals surface area contributed by atoms with E-state index in [2.05, 4.69) is 10.3 Å². The number of aliphatic imine (C=N–C) groups is 1. The van der Waals surface area contributed by atoms with Crippen LogP contribution in [0.2, 0.25) is 0 Å². The third-order valence-corrected chi connectivity index (χ3v) is 2.57. The summed E-state index contributed by atoms with van der Waals surface area (Å²) in [5.41, 5.74) is 6.43. The number of hydrogen-bond acceptors (Lipinski definition) is 3. The molecule has 0 aliphatic rings. The van der Waals surface area contributed by atoms with Gasteiger partial charge in [-0.15, -0.1) is 0 Å². The third kappa shape index (κ3) is 6.38. The average Bonchev–Trinajstić information content (AvgIpc) is 2.44. The Balaban J connectivity index is 2.40. The second-order valence-corrected chi connectivity index (χ2v) is 4.18. The highest BCUT2D eigenvalue weighted by Gasteiger charge is 2.01. The molecule has 0 aromatic heterocycles. The van der Waals surface area contributed by atoms with E-state index < -0.39 is 0 Å². The average molecular weight is 283 g/mol. The zero-order valence-electron chi connectivity index (χ0n) is 12.0. The lowest BCUT2D eigenvalue weighted by Crippen LogP contribution is -2.32. The minimum absolute atomic E-state index is 0.304. The van der Waals surface area contributed by atoms with Gasteiger partial charge in [0.25, 0.3) is 0 Å². The Morgan fingerprint density at radius 1 is 1.40 bits per heavy atom. The molecule has 0 saturated heterocycles. The lowest BCUT2D eigenvalue weighted by Gasteiger charge is -2.06. The van der Waals surface area contributed by atoms with E-state index in [4.69, 9.17) is 15.2 Å². The summed E-state index contributed by atoms with van der Waals surface area (Å²) in [4.78, 5) is 4.15. The highest BCUT2D eigenvalue weighted by molar-refractivity contribution is 5.77. The van der Waals surface area contributed by atoms with Gasteiger partial charge in [0.1, 0.15) is 11.6 Å². The van der Waals surface area contributed by atoms with Gasteiger partial charge in [-0.25, -0.2) is 9.38 Å². The molecule has 20 heavy (non-hydrogen) atoms. The molecule has 0 radical (unpaired) electrons. The van der Waals surface area contributed by atoms with Crippen molar-refractivity contribution in [1.82, 2.24) is 5.32 Å². The van der Waals surface area contributed by atoms with E-state index in [1.807, 2.05) is 6.92 Å². The number of rotatable bonds is 8. The maximum absolute atomic E-state index is 13.3. The van der Waals surface area contributed by atoms with E-state index in [1.165, 1.54) is 19.2 Å². The van der Waals surface area contributed by atoms with E-state index >= 15 is 0 Å². The largest absolute Gasteiger partial charge is 0.497 e. The molecule has 3 N–H and O–H groups in total. The fraction of sp³-hybridized carbons (Fsp3) is 0.500. The molecule has 0 unspecified atom stereocenters. The van der Waals surface area contributed by atoms with Crippen LogP contribution in [-0.4, -0.2) is 32.8 Å². The van der Waals surface area contributed by atoms with Crippen molar-refractivity contribution in [2.45, 2.75) is 19.9 Å². The summed E-state index contributed by atoms with van der Waals surface area (Å²) in [6.45, 7) is 4.36.